The minimum Gasteiger partial charge on any atom is -0.444 e. The molecule has 2 aliphatic heterocycles. The second kappa shape index (κ2) is 10.5. The average molecular weight is 525 g/mol. The van der Waals surface area contributed by atoms with Gasteiger partial charge in [-0.05, 0) is 83.1 Å². The van der Waals surface area contributed by atoms with E-state index in [0.29, 0.717) is 36.4 Å². The highest BCUT2D eigenvalue weighted by Gasteiger charge is 2.52. The van der Waals surface area contributed by atoms with Crippen LogP contribution in [0.3, 0.4) is 0 Å². The van der Waals surface area contributed by atoms with E-state index in [9.17, 15) is 14.4 Å². The maximum atomic E-state index is 14.4. The molecule has 1 unspecified atom stereocenters. The van der Waals surface area contributed by atoms with E-state index in [1.165, 1.54) is 0 Å². The Morgan fingerprint density at radius 2 is 1.84 bits per heavy atom. The number of hydrogen-bond acceptors (Lipinski definition) is 4. The van der Waals surface area contributed by atoms with E-state index >= 15 is 0 Å². The molecule has 0 radical (unpaired) electrons. The predicted octanol–water partition coefficient (Wildman–Crippen LogP) is 5.78. The van der Waals surface area contributed by atoms with Crippen LogP contribution in [0.25, 0.3) is 0 Å². The number of carbonyl (C=O) groups excluding carboxylic acids is 3. The molecule has 0 bridgehead atoms. The Kier molecular flexibility index (Phi) is 7.70. The van der Waals surface area contributed by atoms with E-state index in [0.717, 1.165) is 5.56 Å². The van der Waals surface area contributed by atoms with E-state index in [4.69, 9.17) is 16.3 Å². The number of ketones is 1. The van der Waals surface area contributed by atoms with Crippen molar-refractivity contribution >= 4 is 29.4 Å². The second-order valence-corrected chi connectivity index (χ2v) is 12.3. The molecule has 37 heavy (non-hydrogen) atoms. The zero-order valence-corrected chi connectivity index (χ0v) is 23.0. The van der Waals surface area contributed by atoms with Crippen molar-refractivity contribution in [2.45, 2.75) is 77.0 Å². The molecule has 0 spiro atoms. The number of benzene rings is 2. The van der Waals surface area contributed by atoms with Crippen molar-refractivity contribution in [1.29, 1.82) is 0 Å². The molecule has 0 aliphatic carbocycles. The normalized spacial score (nSPS) is 24.0. The Bertz CT molecular complexity index is 1160. The van der Waals surface area contributed by atoms with Crippen molar-refractivity contribution in [3.05, 3.63) is 70.7 Å². The molecular formula is C30H37ClN2O4. The monoisotopic (exact) mass is 524 g/mol. The maximum Gasteiger partial charge on any atom is 0.411 e. The minimum atomic E-state index is -0.812. The summed E-state index contributed by atoms with van der Waals surface area (Å²) in [6, 6.07) is 16.7. The molecule has 2 aromatic carbocycles. The van der Waals surface area contributed by atoms with Gasteiger partial charge >= 0.3 is 6.09 Å². The molecule has 2 aliphatic rings. The fraction of sp³-hybridized carbons (Fsp3) is 0.500. The largest absolute Gasteiger partial charge is 0.444 e. The first-order valence-electron chi connectivity index (χ1n) is 13.0. The molecule has 4 rings (SSSR count). The molecule has 0 aromatic heterocycles. The van der Waals surface area contributed by atoms with E-state index in [-0.39, 0.29) is 17.6 Å². The molecule has 1 N–H and O–H groups in total. The summed E-state index contributed by atoms with van der Waals surface area (Å²) in [6.45, 7) is 9.94. The first-order valence-corrected chi connectivity index (χ1v) is 13.4. The summed E-state index contributed by atoms with van der Waals surface area (Å²) in [7, 11) is 0. The quantitative estimate of drug-likeness (QED) is 0.486. The highest BCUT2D eigenvalue weighted by molar-refractivity contribution is 6.30. The molecule has 0 saturated carbocycles. The van der Waals surface area contributed by atoms with Gasteiger partial charge < -0.3 is 10.1 Å². The maximum absolute atomic E-state index is 14.4. The van der Waals surface area contributed by atoms with Gasteiger partial charge in [0.1, 0.15) is 11.5 Å². The molecule has 7 heteroatoms. The Hall–Kier alpha value is -2.86. The Morgan fingerprint density at radius 3 is 2.49 bits per heavy atom. The lowest BCUT2D eigenvalue weighted by Crippen LogP contribution is -2.52. The van der Waals surface area contributed by atoms with Gasteiger partial charge in [-0.2, -0.15) is 0 Å². The standard InChI is InChI=1S/C30H37ClN2O4/c1-29(2,3)37-28(36)33-23(14-15-30(33,4)5)24(20-12-9-13-22(31)17-20)26(34)25-21(18-32-27(25)35)16-19-10-7-6-8-11-19/h6-13,17,21,23-25H,14-16,18H2,1-5H3,(H,32,35)/t21?,23-,24-,25+/m0/s1. The summed E-state index contributed by atoms with van der Waals surface area (Å²) in [4.78, 5) is 42.8. The average Bonchev–Trinajstić information content (AvgIpc) is 3.32. The van der Waals surface area contributed by atoms with Gasteiger partial charge in [0.05, 0.1) is 5.92 Å². The van der Waals surface area contributed by atoms with Gasteiger partial charge in [0.2, 0.25) is 5.91 Å². The van der Waals surface area contributed by atoms with Gasteiger partial charge in [-0.15, -0.1) is 0 Å². The van der Waals surface area contributed by atoms with E-state index < -0.39 is 35.1 Å². The van der Waals surface area contributed by atoms with Crippen LogP contribution in [0.5, 0.6) is 0 Å². The van der Waals surface area contributed by atoms with Gasteiger partial charge in [-0.25, -0.2) is 4.79 Å². The molecule has 198 valence electrons. The zero-order valence-electron chi connectivity index (χ0n) is 22.3. The summed E-state index contributed by atoms with van der Waals surface area (Å²) in [5, 5.41) is 3.43. The Morgan fingerprint density at radius 1 is 1.14 bits per heavy atom. The number of rotatable bonds is 6. The van der Waals surface area contributed by atoms with Gasteiger partial charge in [0, 0.05) is 23.1 Å². The van der Waals surface area contributed by atoms with Crippen molar-refractivity contribution in [3.63, 3.8) is 0 Å². The second-order valence-electron chi connectivity index (χ2n) is 11.9. The molecule has 2 saturated heterocycles. The van der Waals surface area contributed by atoms with Crippen molar-refractivity contribution < 1.29 is 19.1 Å². The highest BCUT2D eigenvalue weighted by atomic mass is 35.5. The van der Waals surface area contributed by atoms with Crippen LogP contribution in [0.2, 0.25) is 5.02 Å². The van der Waals surface area contributed by atoms with Gasteiger partial charge in [-0.3, -0.25) is 14.5 Å². The fourth-order valence-electron chi connectivity index (χ4n) is 5.82. The minimum absolute atomic E-state index is 0.172. The third-order valence-corrected chi connectivity index (χ3v) is 7.70. The van der Waals surface area contributed by atoms with Crippen LogP contribution in [0.15, 0.2) is 54.6 Å². The van der Waals surface area contributed by atoms with E-state index in [1.807, 2.05) is 77.1 Å². The lowest BCUT2D eigenvalue weighted by molar-refractivity contribution is -0.134. The number of likely N-dealkylation sites (tertiary alicyclic amines) is 1. The van der Waals surface area contributed by atoms with Crippen molar-refractivity contribution in [2.75, 3.05) is 6.54 Å². The lowest BCUT2D eigenvalue weighted by atomic mass is 9.76. The van der Waals surface area contributed by atoms with Crippen LogP contribution in [0.4, 0.5) is 4.79 Å². The number of ether oxygens (including phenoxy) is 1. The van der Waals surface area contributed by atoms with E-state index in [2.05, 4.69) is 5.32 Å². The summed E-state index contributed by atoms with van der Waals surface area (Å²) in [6.07, 6.45) is 1.50. The topological polar surface area (TPSA) is 75.7 Å². The van der Waals surface area contributed by atoms with Gasteiger partial charge in [0.15, 0.2) is 5.78 Å². The number of nitrogens with one attached hydrogen (secondary N) is 1. The third kappa shape index (κ3) is 6.01. The van der Waals surface area contributed by atoms with Gasteiger partial charge in [-0.1, -0.05) is 54.1 Å². The fourth-order valence-corrected chi connectivity index (χ4v) is 6.02. The van der Waals surface area contributed by atoms with Crippen LogP contribution in [-0.4, -0.2) is 46.4 Å². The van der Waals surface area contributed by atoms with Crippen molar-refractivity contribution in [3.8, 4) is 0 Å². The van der Waals surface area contributed by atoms with Crippen LogP contribution < -0.4 is 5.32 Å². The summed E-state index contributed by atoms with van der Waals surface area (Å²) >= 11 is 6.37. The summed E-state index contributed by atoms with van der Waals surface area (Å²) < 4.78 is 5.79. The third-order valence-electron chi connectivity index (χ3n) is 7.46. The van der Waals surface area contributed by atoms with Crippen molar-refractivity contribution in [1.82, 2.24) is 10.2 Å². The highest BCUT2D eigenvalue weighted by Crippen LogP contribution is 2.44. The molecule has 4 atom stereocenters. The number of halogens is 1. The molecule has 2 aromatic rings. The number of carbonyl (C=O) groups is 3. The number of hydrogen-bond donors (Lipinski definition) is 1. The van der Waals surface area contributed by atoms with Crippen LogP contribution in [-0.2, 0) is 20.7 Å². The first kappa shape index (κ1) is 27.2. The summed E-state index contributed by atoms with van der Waals surface area (Å²) in [5.41, 5.74) is 0.610. The first-order chi connectivity index (χ1) is 17.4. The Labute approximate surface area is 224 Å². The molecule has 2 heterocycles. The predicted molar refractivity (Wildman–Crippen MR) is 145 cm³/mol. The number of amides is 2. The Balaban J connectivity index is 1.74. The number of Topliss-reactive ketones (excluding diaryl/α,β-unsaturated/α-hetero) is 1. The molecule has 6 nitrogen and oxygen atoms in total. The number of nitrogens with zero attached hydrogens (tertiary/aromatic N) is 1. The van der Waals surface area contributed by atoms with Crippen LogP contribution in [0.1, 0.15) is 64.5 Å². The molecule has 2 amide bonds. The lowest BCUT2D eigenvalue weighted by Gasteiger charge is -2.40. The zero-order chi connectivity index (χ0) is 27.0. The van der Waals surface area contributed by atoms with E-state index in [1.54, 1.807) is 17.0 Å². The summed E-state index contributed by atoms with van der Waals surface area (Å²) in [5.74, 6) is -2.12. The smallest absolute Gasteiger partial charge is 0.411 e. The SMILES string of the molecule is CC(C)(C)OC(=O)N1[C@H]([C@@H](C(=O)[C@@H]2C(=O)NCC2Cc2ccccc2)c2cccc(Cl)c2)CCC1(C)C. The van der Waals surface area contributed by atoms with Crippen molar-refractivity contribution in [2.24, 2.45) is 11.8 Å². The molecular weight excluding hydrogens is 488 g/mol. The van der Waals surface area contributed by atoms with Gasteiger partial charge in [0.25, 0.3) is 0 Å². The van der Waals surface area contributed by atoms with Crippen LogP contribution in [0, 0.1) is 11.8 Å². The molecule has 2 fully saturated rings. The van der Waals surface area contributed by atoms with Crippen LogP contribution >= 0.6 is 11.6 Å².